The first-order valence-corrected chi connectivity index (χ1v) is 7.87. The van der Waals surface area contributed by atoms with Gasteiger partial charge in [-0.25, -0.2) is 0 Å². The van der Waals surface area contributed by atoms with Crippen LogP contribution in [0, 0.1) is 0 Å². The standard InChI is InChI=1S/C21H19N.ClH/c1-3-9-16(10-4-1)20-15-21(19-14-8-7-13-18(19)20)22-17-11-5-2-6-12-17;/h1-14,20-22H,15H2;1H. The largest absolute Gasteiger partial charge is 0.378 e. The van der Waals surface area contributed by atoms with Gasteiger partial charge in [0, 0.05) is 11.6 Å². The number of hydrogen-bond acceptors (Lipinski definition) is 1. The molecule has 2 unspecified atom stereocenters. The van der Waals surface area contributed by atoms with Gasteiger partial charge in [0.1, 0.15) is 0 Å². The zero-order valence-corrected chi connectivity index (χ0v) is 13.7. The topological polar surface area (TPSA) is 12.0 Å². The van der Waals surface area contributed by atoms with Gasteiger partial charge >= 0.3 is 0 Å². The molecule has 0 amide bonds. The van der Waals surface area contributed by atoms with Crippen molar-refractivity contribution in [1.29, 1.82) is 0 Å². The minimum absolute atomic E-state index is 0. The van der Waals surface area contributed by atoms with E-state index < -0.39 is 0 Å². The van der Waals surface area contributed by atoms with E-state index >= 15 is 0 Å². The average Bonchev–Trinajstić information content (AvgIpc) is 2.96. The molecular formula is C21H20ClN. The molecule has 3 aromatic carbocycles. The summed E-state index contributed by atoms with van der Waals surface area (Å²) in [6.45, 7) is 0. The second-order valence-electron chi connectivity index (χ2n) is 5.89. The van der Waals surface area contributed by atoms with Gasteiger partial charge in [0.05, 0.1) is 6.04 Å². The highest BCUT2D eigenvalue weighted by atomic mass is 35.5. The Bertz CT molecular complexity index is 755. The summed E-state index contributed by atoms with van der Waals surface area (Å²) in [6.07, 6.45) is 1.11. The third-order valence-corrected chi connectivity index (χ3v) is 4.53. The number of rotatable bonds is 3. The lowest BCUT2D eigenvalue weighted by molar-refractivity contribution is 0.697. The molecule has 2 heteroatoms. The molecule has 0 spiro atoms. The Hall–Kier alpha value is -2.25. The number of hydrogen-bond donors (Lipinski definition) is 1. The Morgan fingerprint density at radius 3 is 1.91 bits per heavy atom. The molecule has 1 aliphatic carbocycles. The summed E-state index contributed by atoms with van der Waals surface area (Å²) in [7, 11) is 0. The van der Waals surface area contributed by atoms with E-state index in [0.717, 1.165) is 6.42 Å². The second-order valence-corrected chi connectivity index (χ2v) is 5.89. The van der Waals surface area contributed by atoms with E-state index in [0.29, 0.717) is 12.0 Å². The lowest BCUT2D eigenvalue weighted by atomic mass is 9.93. The molecule has 1 N–H and O–H groups in total. The Balaban J connectivity index is 0.00000156. The number of halogens is 1. The van der Waals surface area contributed by atoms with Crippen LogP contribution in [0.4, 0.5) is 5.69 Å². The van der Waals surface area contributed by atoms with Crippen molar-refractivity contribution in [3.8, 4) is 0 Å². The highest BCUT2D eigenvalue weighted by Crippen LogP contribution is 2.45. The van der Waals surface area contributed by atoms with Crippen molar-refractivity contribution in [3.63, 3.8) is 0 Å². The Labute approximate surface area is 143 Å². The maximum absolute atomic E-state index is 3.70. The van der Waals surface area contributed by atoms with Crippen molar-refractivity contribution in [1.82, 2.24) is 0 Å². The first-order chi connectivity index (χ1) is 10.9. The molecule has 23 heavy (non-hydrogen) atoms. The van der Waals surface area contributed by atoms with Crippen LogP contribution in [0.5, 0.6) is 0 Å². The molecule has 0 saturated carbocycles. The van der Waals surface area contributed by atoms with Crippen LogP contribution in [0.2, 0.25) is 0 Å². The van der Waals surface area contributed by atoms with Crippen LogP contribution in [0.1, 0.15) is 35.1 Å². The summed E-state index contributed by atoms with van der Waals surface area (Å²) in [4.78, 5) is 0. The van der Waals surface area contributed by atoms with Crippen molar-refractivity contribution in [2.45, 2.75) is 18.4 Å². The molecule has 0 radical (unpaired) electrons. The average molecular weight is 322 g/mol. The first kappa shape index (κ1) is 15.6. The monoisotopic (exact) mass is 321 g/mol. The molecule has 0 fully saturated rings. The van der Waals surface area contributed by atoms with E-state index in [4.69, 9.17) is 0 Å². The molecule has 0 aromatic heterocycles. The predicted molar refractivity (Wildman–Crippen MR) is 99.4 cm³/mol. The minimum Gasteiger partial charge on any atom is -0.378 e. The van der Waals surface area contributed by atoms with E-state index in [9.17, 15) is 0 Å². The molecular weight excluding hydrogens is 302 g/mol. The molecule has 1 aliphatic rings. The van der Waals surface area contributed by atoms with E-state index in [2.05, 4.69) is 90.2 Å². The molecule has 4 rings (SSSR count). The van der Waals surface area contributed by atoms with Crippen LogP contribution in [-0.2, 0) is 0 Å². The Kier molecular flexibility index (Phi) is 4.68. The summed E-state index contributed by atoms with van der Waals surface area (Å²) in [5.74, 6) is 0.485. The maximum Gasteiger partial charge on any atom is 0.0525 e. The molecule has 3 aromatic rings. The number of anilines is 1. The second kappa shape index (κ2) is 6.89. The van der Waals surface area contributed by atoms with Crippen molar-refractivity contribution in [2.24, 2.45) is 0 Å². The normalized spacial score (nSPS) is 18.8. The van der Waals surface area contributed by atoms with E-state index in [1.54, 1.807) is 0 Å². The fourth-order valence-electron chi connectivity index (χ4n) is 3.51. The van der Waals surface area contributed by atoms with E-state index in [1.807, 2.05) is 0 Å². The van der Waals surface area contributed by atoms with Gasteiger partial charge in [0.25, 0.3) is 0 Å². The van der Waals surface area contributed by atoms with Gasteiger partial charge in [0.2, 0.25) is 0 Å². The van der Waals surface area contributed by atoms with Crippen molar-refractivity contribution in [2.75, 3.05) is 5.32 Å². The molecule has 0 heterocycles. The summed E-state index contributed by atoms with van der Waals surface area (Å²) in [5, 5.41) is 3.70. The summed E-state index contributed by atoms with van der Waals surface area (Å²) in [5.41, 5.74) is 5.49. The van der Waals surface area contributed by atoms with Crippen LogP contribution in [0.15, 0.2) is 84.9 Å². The SMILES string of the molecule is Cl.c1ccc(NC2CC(c3ccccc3)c3ccccc32)cc1. The van der Waals surface area contributed by atoms with Gasteiger partial charge in [-0.05, 0) is 35.2 Å². The highest BCUT2D eigenvalue weighted by Gasteiger charge is 2.31. The number of para-hydroxylation sites is 1. The van der Waals surface area contributed by atoms with Crippen molar-refractivity contribution < 1.29 is 0 Å². The molecule has 2 atom stereocenters. The van der Waals surface area contributed by atoms with Gasteiger partial charge in [-0.1, -0.05) is 72.8 Å². The molecule has 0 aliphatic heterocycles. The van der Waals surface area contributed by atoms with Gasteiger partial charge in [-0.15, -0.1) is 12.4 Å². The number of nitrogens with one attached hydrogen (secondary N) is 1. The van der Waals surface area contributed by atoms with E-state index in [-0.39, 0.29) is 12.4 Å². The Morgan fingerprint density at radius 1 is 0.652 bits per heavy atom. The quantitative estimate of drug-likeness (QED) is 0.643. The zero-order chi connectivity index (χ0) is 14.8. The molecule has 1 nitrogen and oxygen atoms in total. The van der Waals surface area contributed by atoms with Crippen LogP contribution in [0.3, 0.4) is 0 Å². The summed E-state index contributed by atoms with van der Waals surface area (Å²) >= 11 is 0. The van der Waals surface area contributed by atoms with Gasteiger partial charge in [-0.2, -0.15) is 0 Å². The highest BCUT2D eigenvalue weighted by molar-refractivity contribution is 5.85. The lowest BCUT2D eigenvalue weighted by Crippen LogP contribution is -2.07. The van der Waals surface area contributed by atoms with Crippen molar-refractivity contribution >= 4 is 18.1 Å². The first-order valence-electron chi connectivity index (χ1n) is 7.87. The summed E-state index contributed by atoms with van der Waals surface area (Å²) in [6, 6.07) is 30.6. The molecule has 0 bridgehead atoms. The zero-order valence-electron chi connectivity index (χ0n) is 12.9. The molecule has 116 valence electrons. The van der Waals surface area contributed by atoms with Gasteiger partial charge in [0.15, 0.2) is 0 Å². The van der Waals surface area contributed by atoms with Gasteiger partial charge < -0.3 is 5.32 Å². The molecule has 0 saturated heterocycles. The number of fused-ring (bicyclic) bond motifs is 1. The van der Waals surface area contributed by atoms with Crippen LogP contribution in [-0.4, -0.2) is 0 Å². The smallest absolute Gasteiger partial charge is 0.0525 e. The third-order valence-electron chi connectivity index (χ3n) is 4.53. The Morgan fingerprint density at radius 2 is 1.22 bits per heavy atom. The van der Waals surface area contributed by atoms with Crippen molar-refractivity contribution in [3.05, 3.63) is 102 Å². The summed E-state index contributed by atoms with van der Waals surface area (Å²) < 4.78 is 0. The van der Waals surface area contributed by atoms with Gasteiger partial charge in [-0.3, -0.25) is 0 Å². The maximum atomic E-state index is 3.70. The fraction of sp³-hybridized carbons (Fsp3) is 0.143. The minimum atomic E-state index is 0. The third kappa shape index (κ3) is 3.11. The lowest BCUT2D eigenvalue weighted by Gasteiger charge is -2.16. The van der Waals surface area contributed by atoms with Crippen LogP contribution >= 0.6 is 12.4 Å². The predicted octanol–water partition coefficient (Wildman–Crippen LogP) is 5.80. The van der Waals surface area contributed by atoms with Crippen LogP contribution in [0.25, 0.3) is 0 Å². The van der Waals surface area contributed by atoms with Crippen LogP contribution < -0.4 is 5.32 Å². The number of benzene rings is 3. The fourth-order valence-corrected chi connectivity index (χ4v) is 3.51. The van der Waals surface area contributed by atoms with E-state index in [1.165, 1.54) is 22.4 Å².